The van der Waals surface area contributed by atoms with Crippen LogP contribution < -0.4 is 10.6 Å². The van der Waals surface area contributed by atoms with E-state index in [1.54, 1.807) is 6.07 Å². The van der Waals surface area contributed by atoms with E-state index < -0.39 is 0 Å². The Morgan fingerprint density at radius 2 is 2.12 bits per heavy atom. The molecule has 1 aliphatic rings. The molecule has 4 nitrogen and oxygen atoms in total. The number of nitrogens with zero attached hydrogens (tertiary/aromatic N) is 3. The normalized spacial score (nSPS) is 25.8. The van der Waals surface area contributed by atoms with Gasteiger partial charge in [0.1, 0.15) is 11.0 Å². The zero-order valence-electron chi connectivity index (χ0n) is 9.65. The molecular weight excluding hydrogens is 224 g/mol. The van der Waals surface area contributed by atoms with Crippen molar-refractivity contribution in [3.05, 3.63) is 11.2 Å². The van der Waals surface area contributed by atoms with E-state index in [2.05, 4.69) is 28.7 Å². The molecule has 0 aliphatic carbocycles. The van der Waals surface area contributed by atoms with Crippen molar-refractivity contribution in [3.63, 3.8) is 0 Å². The molecule has 5 heteroatoms. The number of rotatable bonds is 1. The zero-order chi connectivity index (χ0) is 11.7. The van der Waals surface area contributed by atoms with E-state index in [1.807, 2.05) is 0 Å². The molecule has 0 spiro atoms. The third-order valence-electron chi connectivity index (χ3n) is 3.36. The summed E-state index contributed by atoms with van der Waals surface area (Å²) in [4.78, 5) is 10.3. The first-order valence-corrected chi connectivity index (χ1v) is 5.99. The quantitative estimate of drug-likeness (QED) is 0.765. The molecule has 1 aromatic rings. The van der Waals surface area contributed by atoms with Crippen LogP contribution in [0.4, 0.5) is 11.8 Å². The Bertz CT molecular complexity index is 362. The van der Waals surface area contributed by atoms with Gasteiger partial charge in [-0.1, -0.05) is 25.4 Å². The largest absolute Gasteiger partial charge is 0.368 e. The van der Waals surface area contributed by atoms with Crippen LogP contribution in [0.2, 0.25) is 5.15 Å². The fraction of sp³-hybridized carbons (Fsp3) is 0.636. The Morgan fingerprint density at radius 1 is 1.38 bits per heavy atom. The van der Waals surface area contributed by atoms with Crippen LogP contribution in [0.1, 0.15) is 20.3 Å². The van der Waals surface area contributed by atoms with E-state index in [1.165, 1.54) is 6.42 Å². The molecule has 88 valence electrons. The molecule has 0 aromatic carbocycles. The fourth-order valence-electron chi connectivity index (χ4n) is 2.06. The lowest BCUT2D eigenvalue weighted by molar-refractivity contribution is 0.323. The monoisotopic (exact) mass is 240 g/mol. The lowest BCUT2D eigenvalue weighted by Gasteiger charge is -2.36. The predicted octanol–water partition coefficient (Wildman–Crippen LogP) is 2.19. The summed E-state index contributed by atoms with van der Waals surface area (Å²) in [5.41, 5.74) is 5.59. The molecule has 1 saturated heterocycles. The lowest BCUT2D eigenvalue weighted by atomic mass is 9.89. The summed E-state index contributed by atoms with van der Waals surface area (Å²) >= 11 is 5.88. The van der Waals surface area contributed by atoms with E-state index in [4.69, 9.17) is 17.3 Å². The van der Waals surface area contributed by atoms with Gasteiger partial charge in [0.15, 0.2) is 0 Å². The Morgan fingerprint density at radius 3 is 2.75 bits per heavy atom. The van der Waals surface area contributed by atoms with Crippen LogP contribution in [0.5, 0.6) is 0 Å². The van der Waals surface area contributed by atoms with Gasteiger partial charge in [-0.2, -0.15) is 4.98 Å². The van der Waals surface area contributed by atoms with Crippen molar-refractivity contribution in [1.29, 1.82) is 0 Å². The first-order valence-electron chi connectivity index (χ1n) is 5.61. The van der Waals surface area contributed by atoms with Crippen LogP contribution in [-0.4, -0.2) is 23.1 Å². The minimum Gasteiger partial charge on any atom is -0.368 e. The maximum Gasteiger partial charge on any atom is 0.223 e. The lowest BCUT2D eigenvalue weighted by Crippen LogP contribution is -2.39. The SMILES string of the molecule is CC1CCN(c2cc(Cl)nc(N)n2)CC1C. The number of nitrogen functional groups attached to an aromatic ring is 1. The van der Waals surface area contributed by atoms with Gasteiger partial charge >= 0.3 is 0 Å². The summed E-state index contributed by atoms with van der Waals surface area (Å²) in [7, 11) is 0. The summed E-state index contributed by atoms with van der Waals surface area (Å²) < 4.78 is 0. The molecule has 1 aliphatic heterocycles. The van der Waals surface area contributed by atoms with Gasteiger partial charge in [0.05, 0.1) is 0 Å². The van der Waals surface area contributed by atoms with E-state index in [-0.39, 0.29) is 5.95 Å². The summed E-state index contributed by atoms with van der Waals surface area (Å²) in [5.74, 6) is 2.53. The molecule has 0 saturated carbocycles. The number of hydrogen-bond donors (Lipinski definition) is 1. The van der Waals surface area contributed by atoms with Crippen LogP contribution in [0, 0.1) is 11.8 Å². The van der Waals surface area contributed by atoms with Crippen LogP contribution in [0.25, 0.3) is 0 Å². The second-order valence-electron chi connectivity index (χ2n) is 4.60. The number of aromatic nitrogens is 2. The highest BCUT2D eigenvalue weighted by atomic mass is 35.5. The van der Waals surface area contributed by atoms with E-state index in [9.17, 15) is 0 Å². The maximum absolute atomic E-state index is 5.88. The van der Waals surface area contributed by atoms with E-state index in [0.29, 0.717) is 11.1 Å². The minimum atomic E-state index is 0.244. The van der Waals surface area contributed by atoms with E-state index >= 15 is 0 Å². The molecule has 2 N–H and O–H groups in total. The summed E-state index contributed by atoms with van der Waals surface area (Å²) in [6.07, 6.45) is 1.18. The summed E-state index contributed by atoms with van der Waals surface area (Å²) in [6.45, 7) is 6.58. The summed E-state index contributed by atoms with van der Waals surface area (Å²) in [5, 5.41) is 0.411. The Kier molecular flexibility index (Phi) is 3.19. The molecule has 1 aromatic heterocycles. The van der Waals surface area contributed by atoms with Crippen LogP contribution >= 0.6 is 11.6 Å². The first-order chi connectivity index (χ1) is 7.56. The fourth-order valence-corrected chi connectivity index (χ4v) is 2.24. The predicted molar refractivity (Wildman–Crippen MR) is 66.6 cm³/mol. The highest BCUT2D eigenvalue weighted by Crippen LogP contribution is 2.27. The average Bonchev–Trinajstić information content (AvgIpc) is 2.20. The van der Waals surface area contributed by atoms with Gasteiger partial charge in [-0.05, 0) is 18.3 Å². The van der Waals surface area contributed by atoms with Crippen molar-refractivity contribution in [2.45, 2.75) is 20.3 Å². The third-order valence-corrected chi connectivity index (χ3v) is 3.55. The molecule has 1 fully saturated rings. The Balaban J connectivity index is 2.18. The number of piperidine rings is 1. The third kappa shape index (κ3) is 2.38. The molecular formula is C11H17ClN4. The van der Waals surface area contributed by atoms with Crippen LogP contribution in [-0.2, 0) is 0 Å². The smallest absolute Gasteiger partial charge is 0.223 e. The van der Waals surface area contributed by atoms with Gasteiger partial charge in [0.2, 0.25) is 5.95 Å². The molecule has 2 rings (SSSR count). The van der Waals surface area contributed by atoms with Gasteiger partial charge in [-0.3, -0.25) is 0 Å². The molecule has 2 heterocycles. The molecule has 2 atom stereocenters. The topological polar surface area (TPSA) is 55.0 Å². The van der Waals surface area contributed by atoms with Gasteiger partial charge in [0.25, 0.3) is 0 Å². The van der Waals surface area contributed by atoms with Crippen LogP contribution in [0.3, 0.4) is 0 Å². The standard InChI is InChI=1S/C11H17ClN4/c1-7-3-4-16(6-8(7)2)10-5-9(12)14-11(13)15-10/h5,7-8H,3-4,6H2,1-2H3,(H2,13,14,15). The van der Waals surface area contributed by atoms with Gasteiger partial charge < -0.3 is 10.6 Å². The first kappa shape index (κ1) is 11.5. The highest BCUT2D eigenvalue weighted by molar-refractivity contribution is 6.29. The van der Waals surface area contributed by atoms with E-state index in [0.717, 1.165) is 24.8 Å². The van der Waals surface area contributed by atoms with Crippen molar-refractivity contribution in [1.82, 2.24) is 9.97 Å². The molecule has 0 radical (unpaired) electrons. The summed E-state index contributed by atoms with van der Waals surface area (Å²) in [6, 6.07) is 1.78. The van der Waals surface area contributed by atoms with Gasteiger partial charge in [-0.25, -0.2) is 4.98 Å². The zero-order valence-corrected chi connectivity index (χ0v) is 10.4. The number of nitrogens with two attached hydrogens (primary N) is 1. The number of halogens is 1. The van der Waals surface area contributed by atoms with Crippen LogP contribution in [0.15, 0.2) is 6.07 Å². The average molecular weight is 241 g/mol. The number of hydrogen-bond acceptors (Lipinski definition) is 4. The van der Waals surface area contributed by atoms with Crippen molar-refractivity contribution in [2.24, 2.45) is 11.8 Å². The minimum absolute atomic E-state index is 0.244. The molecule has 0 amide bonds. The second-order valence-corrected chi connectivity index (χ2v) is 4.98. The number of anilines is 2. The van der Waals surface area contributed by atoms with Crippen molar-refractivity contribution in [3.8, 4) is 0 Å². The second kappa shape index (κ2) is 4.45. The molecule has 2 unspecified atom stereocenters. The van der Waals surface area contributed by atoms with Crippen molar-refractivity contribution < 1.29 is 0 Å². The van der Waals surface area contributed by atoms with Crippen molar-refractivity contribution >= 4 is 23.4 Å². The Labute approximate surface area is 101 Å². The van der Waals surface area contributed by atoms with Gasteiger partial charge in [-0.15, -0.1) is 0 Å². The molecule has 0 bridgehead atoms. The van der Waals surface area contributed by atoms with Crippen molar-refractivity contribution in [2.75, 3.05) is 23.7 Å². The molecule has 16 heavy (non-hydrogen) atoms. The maximum atomic E-state index is 5.88. The van der Waals surface area contributed by atoms with Gasteiger partial charge in [0, 0.05) is 19.2 Å². The Hall–Kier alpha value is -1.03. The highest BCUT2D eigenvalue weighted by Gasteiger charge is 2.23.